The van der Waals surface area contributed by atoms with Crippen LogP contribution in [0.4, 0.5) is 0 Å². The van der Waals surface area contributed by atoms with Crippen LogP contribution in [0.1, 0.15) is 57.9 Å². The monoisotopic (exact) mass is 356 g/mol. The second-order valence-corrected chi connectivity index (χ2v) is 7.52. The van der Waals surface area contributed by atoms with Gasteiger partial charge in [0.25, 0.3) is 10.1 Å². The fourth-order valence-electron chi connectivity index (χ4n) is 2.19. The van der Waals surface area contributed by atoms with Crippen LogP contribution in [0.25, 0.3) is 0 Å². The molecule has 0 heterocycles. The number of hydrogen-bond donors (Lipinski definition) is 0. The van der Waals surface area contributed by atoms with Gasteiger partial charge in [-0.1, -0.05) is 44.4 Å². The van der Waals surface area contributed by atoms with Crippen LogP contribution in [0, 0.1) is 6.92 Å². The van der Waals surface area contributed by atoms with Crippen molar-refractivity contribution in [3.05, 3.63) is 29.8 Å². The smallest absolute Gasteiger partial charge is 0.306 e. The first-order valence-corrected chi connectivity index (χ1v) is 9.95. The van der Waals surface area contributed by atoms with Crippen LogP contribution in [0.2, 0.25) is 0 Å². The van der Waals surface area contributed by atoms with Crippen LogP contribution in [-0.4, -0.2) is 27.1 Å². The SMILES string of the molecule is CCCCC[C@@H](COS(=O)(=O)c1ccc(C)cc1)OC(=O)CCC. The normalized spacial score (nSPS) is 12.8. The second-order valence-electron chi connectivity index (χ2n) is 5.91. The van der Waals surface area contributed by atoms with Gasteiger partial charge in [0.2, 0.25) is 0 Å². The van der Waals surface area contributed by atoms with Crippen LogP contribution in [0.3, 0.4) is 0 Å². The predicted molar refractivity (Wildman–Crippen MR) is 93.2 cm³/mol. The Bertz CT molecular complexity index is 592. The van der Waals surface area contributed by atoms with E-state index in [-0.39, 0.29) is 17.5 Å². The molecule has 0 bridgehead atoms. The highest BCUT2D eigenvalue weighted by molar-refractivity contribution is 7.86. The number of carbonyl (C=O) groups excluding carboxylic acids is 1. The van der Waals surface area contributed by atoms with E-state index in [0.29, 0.717) is 19.3 Å². The van der Waals surface area contributed by atoms with E-state index in [9.17, 15) is 13.2 Å². The second kappa shape index (κ2) is 10.5. The molecule has 0 aromatic heterocycles. The Morgan fingerprint density at radius 1 is 1.08 bits per heavy atom. The van der Waals surface area contributed by atoms with E-state index in [1.807, 2.05) is 13.8 Å². The molecule has 0 fully saturated rings. The number of esters is 1. The Labute approximate surface area is 145 Å². The van der Waals surface area contributed by atoms with Gasteiger partial charge in [0, 0.05) is 6.42 Å². The molecule has 0 amide bonds. The number of benzene rings is 1. The van der Waals surface area contributed by atoms with E-state index in [0.717, 1.165) is 24.8 Å². The third-order valence-electron chi connectivity index (χ3n) is 3.60. The van der Waals surface area contributed by atoms with Crippen molar-refractivity contribution in [2.24, 2.45) is 0 Å². The average molecular weight is 356 g/mol. The van der Waals surface area contributed by atoms with E-state index in [2.05, 4.69) is 6.92 Å². The Kier molecular flexibility index (Phi) is 9.00. The minimum atomic E-state index is -3.84. The summed E-state index contributed by atoms with van der Waals surface area (Å²) in [5.74, 6) is -0.310. The molecule has 1 rings (SSSR count). The van der Waals surface area contributed by atoms with Crippen molar-refractivity contribution in [2.45, 2.75) is 70.3 Å². The lowest BCUT2D eigenvalue weighted by Crippen LogP contribution is -2.25. The largest absolute Gasteiger partial charge is 0.460 e. The molecule has 136 valence electrons. The lowest BCUT2D eigenvalue weighted by molar-refractivity contribution is -0.151. The van der Waals surface area contributed by atoms with Gasteiger partial charge in [0.05, 0.1) is 4.90 Å². The van der Waals surface area contributed by atoms with Gasteiger partial charge < -0.3 is 4.74 Å². The summed E-state index contributed by atoms with van der Waals surface area (Å²) in [5.41, 5.74) is 0.972. The molecule has 0 N–H and O–H groups in total. The van der Waals surface area contributed by atoms with Gasteiger partial charge in [0.15, 0.2) is 0 Å². The molecule has 0 radical (unpaired) electrons. The summed E-state index contributed by atoms with van der Waals surface area (Å²) in [6.45, 7) is 5.71. The zero-order valence-corrected chi connectivity index (χ0v) is 15.6. The zero-order chi connectivity index (χ0) is 18.0. The minimum Gasteiger partial charge on any atom is -0.460 e. The molecular weight excluding hydrogens is 328 g/mol. The minimum absolute atomic E-state index is 0.111. The molecule has 1 aromatic carbocycles. The molecule has 5 nitrogen and oxygen atoms in total. The topological polar surface area (TPSA) is 69.7 Å². The standard InChI is InChI=1S/C18H28O5S/c1-4-6-7-9-16(23-18(19)8-5-2)14-22-24(20,21)17-12-10-15(3)11-13-17/h10-13,16H,4-9,14H2,1-3H3/t16-/m0/s1. The van der Waals surface area contributed by atoms with Crippen molar-refractivity contribution in [3.8, 4) is 0 Å². The molecule has 24 heavy (non-hydrogen) atoms. The van der Waals surface area contributed by atoms with Crippen molar-refractivity contribution >= 4 is 16.1 Å². The molecule has 1 atom stereocenters. The summed E-state index contributed by atoms with van der Waals surface area (Å²) in [6.07, 6.45) is 4.01. The molecule has 0 aliphatic carbocycles. The molecule has 0 aliphatic heterocycles. The summed E-state index contributed by atoms with van der Waals surface area (Å²) in [5, 5.41) is 0. The molecule has 6 heteroatoms. The number of unbranched alkanes of at least 4 members (excludes halogenated alkanes) is 2. The highest BCUT2D eigenvalue weighted by atomic mass is 32.2. The summed E-state index contributed by atoms with van der Waals surface area (Å²) >= 11 is 0. The Morgan fingerprint density at radius 2 is 1.75 bits per heavy atom. The van der Waals surface area contributed by atoms with Gasteiger partial charge >= 0.3 is 5.97 Å². The summed E-state index contributed by atoms with van der Waals surface area (Å²) in [6, 6.07) is 6.46. The van der Waals surface area contributed by atoms with Crippen LogP contribution in [-0.2, 0) is 23.8 Å². The van der Waals surface area contributed by atoms with Gasteiger partial charge in [-0.2, -0.15) is 8.42 Å². The van der Waals surface area contributed by atoms with E-state index >= 15 is 0 Å². The van der Waals surface area contributed by atoms with E-state index < -0.39 is 16.2 Å². The number of hydrogen-bond acceptors (Lipinski definition) is 5. The quantitative estimate of drug-likeness (QED) is 0.341. The van der Waals surface area contributed by atoms with E-state index in [1.54, 1.807) is 12.1 Å². The number of carbonyl (C=O) groups is 1. The van der Waals surface area contributed by atoms with E-state index in [4.69, 9.17) is 8.92 Å². The lowest BCUT2D eigenvalue weighted by Gasteiger charge is -2.18. The maximum atomic E-state index is 12.2. The number of aryl methyl sites for hydroxylation is 1. The zero-order valence-electron chi connectivity index (χ0n) is 14.8. The Balaban J connectivity index is 2.67. The van der Waals surface area contributed by atoms with Crippen LogP contribution in [0.5, 0.6) is 0 Å². The molecular formula is C18H28O5S. The molecule has 0 spiro atoms. The summed E-state index contributed by atoms with van der Waals surface area (Å²) in [7, 11) is -3.84. The van der Waals surface area contributed by atoms with Crippen molar-refractivity contribution < 1.29 is 22.1 Å². The molecule has 0 unspecified atom stereocenters. The van der Waals surface area contributed by atoms with Gasteiger partial charge in [-0.3, -0.25) is 8.98 Å². The van der Waals surface area contributed by atoms with Gasteiger partial charge in [-0.15, -0.1) is 0 Å². The first-order chi connectivity index (χ1) is 11.4. The fraction of sp³-hybridized carbons (Fsp3) is 0.611. The summed E-state index contributed by atoms with van der Waals surface area (Å²) in [4.78, 5) is 11.8. The van der Waals surface area contributed by atoms with Crippen LogP contribution < -0.4 is 0 Å². The Morgan fingerprint density at radius 3 is 2.33 bits per heavy atom. The fourth-order valence-corrected chi connectivity index (χ4v) is 3.12. The van der Waals surface area contributed by atoms with Gasteiger partial charge in [-0.25, -0.2) is 0 Å². The highest BCUT2D eigenvalue weighted by Crippen LogP contribution is 2.16. The lowest BCUT2D eigenvalue weighted by atomic mass is 10.1. The van der Waals surface area contributed by atoms with Gasteiger partial charge in [0.1, 0.15) is 12.7 Å². The first-order valence-electron chi connectivity index (χ1n) is 8.54. The van der Waals surface area contributed by atoms with E-state index in [1.165, 1.54) is 12.1 Å². The maximum absolute atomic E-state index is 12.2. The third-order valence-corrected chi connectivity index (χ3v) is 4.90. The number of rotatable bonds is 11. The van der Waals surface area contributed by atoms with Crippen molar-refractivity contribution in [1.82, 2.24) is 0 Å². The van der Waals surface area contributed by atoms with Crippen molar-refractivity contribution in [2.75, 3.05) is 6.61 Å². The van der Waals surface area contributed by atoms with Crippen molar-refractivity contribution in [1.29, 1.82) is 0 Å². The van der Waals surface area contributed by atoms with Crippen molar-refractivity contribution in [3.63, 3.8) is 0 Å². The number of ether oxygens (including phenoxy) is 1. The van der Waals surface area contributed by atoms with Crippen LogP contribution >= 0.6 is 0 Å². The van der Waals surface area contributed by atoms with Crippen LogP contribution in [0.15, 0.2) is 29.2 Å². The predicted octanol–water partition coefficient (Wildman–Crippen LogP) is 3.99. The molecule has 0 aliphatic rings. The molecule has 0 saturated heterocycles. The Hall–Kier alpha value is -1.40. The van der Waals surface area contributed by atoms with Gasteiger partial charge in [-0.05, 0) is 38.3 Å². The molecule has 0 saturated carbocycles. The maximum Gasteiger partial charge on any atom is 0.306 e. The highest BCUT2D eigenvalue weighted by Gasteiger charge is 2.20. The molecule has 1 aromatic rings. The first kappa shape index (κ1) is 20.6. The average Bonchev–Trinajstić information content (AvgIpc) is 2.53. The summed E-state index contributed by atoms with van der Waals surface area (Å²) < 4.78 is 34.9. The third kappa shape index (κ3) is 7.45.